The maximum absolute atomic E-state index is 12.3. The third-order valence-corrected chi connectivity index (χ3v) is 5.77. The summed E-state index contributed by atoms with van der Waals surface area (Å²) in [6.07, 6.45) is 2.88. The molecule has 0 bridgehead atoms. The molecule has 0 radical (unpaired) electrons. The van der Waals surface area contributed by atoms with Crippen molar-refractivity contribution in [3.63, 3.8) is 0 Å². The van der Waals surface area contributed by atoms with Crippen molar-refractivity contribution in [3.05, 3.63) is 47.0 Å². The van der Waals surface area contributed by atoms with Gasteiger partial charge in [-0.2, -0.15) is 0 Å². The number of carbonyl (C=O) groups excluding carboxylic acids is 2. The first-order valence-corrected chi connectivity index (χ1v) is 10.4. The Morgan fingerprint density at radius 3 is 2.59 bits per heavy atom. The van der Waals surface area contributed by atoms with Gasteiger partial charge >= 0.3 is 0 Å². The molecule has 0 aromatic heterocycles. The molecule has 5 nitrogen and oxygen atoms in total. The first-order valence-electron chi connectivity index (χ1n) is 10.4. The molecule has 1 aliphatic heterocycles. The number of aromatic hydroxyl groups is 1. The SMILES string of the molecule is CCC(CC)C(=O)CCCOc1c(-c2cccc3c2CNC3=O)ccc(O)c1C. The van der Waals surface area contributed by atoms with Crippen LogP contribution in [0.2, 0.25) is 0 Å². The van der Waals surface area contributed by atoms with E-state index in [9.17, 15) is 14.7 Å². The van der Waals surface area contributed by atoms with E-state index in [0.29, 0.717) is 42.9 Å². The van der Waals surface area contributed by atoms with E-state index in [1.165, 1.54) is 0 Å². The molecule has 154 valence electrons. The molecule has 0 atom stereocenters. The molecule has 0 unspecified atom stereocenters. The van der Waals surface area contributed by atoms with E-state index in [2.05, 4.69) is 5.32 Å². The van der Waals surface area contributed by atoms with Gasteiger partial charge in [-0.3, -0.25) is 9.59 Å². The lowest BCUT2D eigenvalue weighted by Crippen LogP contribution is -2.14. The van der Waals surface area contributed by atoms with E-state index in [1.54, 1.807) is 6.07 Å². The van der Waals surface area contributed by atoms with E-state index in [1.807, 2.05) is 45.0 Å². The van der Waals surface area contributed by atoms with Gasteiger partial charge in [0.15, 0.2) is 0 Å². The van der Waals surface area contributed by atoms with Crippen molar-refractivity contribution >= 4 is 11.7 Å². The highest BCUT2D eigenvalue weighted by Gasteiger charge is 2.24. The summed E-state index contributed by atoms with van der Waals surface area (Å²) in [6.45, 7) is 6.78. The lowest BCUT2D eigenvalue weighted by Gasteiger charge is -2.17. The van der Waals surface area contributed by atoms with Crippen LogP contribution < -0.4 is 10.1 Å². The van der Waals surface area contributed by atoms with Crippen LogP contribution in [0, 0.1) is 12.8 Å². The number of phenolic OH excluding ortho intramolecular Hbond substituents is 1. The van der Waals surface area contributed by atoms with E-state index < -0.39 is 0 Å². The minimum Gasteiger partial charge on any atom is -0.508 e. The number of nitrogens with one attached hydrogen (secondary N) is 1. The Balaban J connectivity index is 1.81. The fourth-order valence-corrected chi connectivity index (χ4v) is 3.95. The second kappa shape index (κ2) is 9.12. The predicted octanol–water partition coefficient (Wildman–Crippen LogP) is 4.78. The second-order valence-electron chi connectivity index (χ2n) is 7.53. The standard InChI is InChI=1S/C24H29NO4/c1-4-16(5-2)22(27)10-7-13-29-23-15(3)21(26)12-11-18(23)17-8-6-9-19-20(17)14-25-24(19)28/h6,8-9,11-12,16,26H,4-5,7,10,13-14H2,1-3H3,(H,25,28). The number of hydrogen-bond acceptors (Lipinski definition) is 4. The van der Waals surface area contributed by atoms with E-state index >= 15 is 0 Å². The third kappa shape index (κ3) is 4.29. The summed E-state index contributed by atoms with van der Waals surface area (Å²) in [7, 11) is 0. The minimum absolute atomic E-state index is 0.0697. The van der Waals surface area contributed by atoms with Crippen LogP contribution in [0.3, 0.4) is 0 Å². The van der Waals surface area contributed by atoms with Crippen molar-refractivity contribution < 1.29 is 19.4 Å². The van der Waals surface area contributed by atoms with Crippen LogP contribution in [-0.2, 0) is 11.3 Å². The molecule has 0 aliphatic carbocycles. The Labute approximate surface area is 172 Å². The monoisotopic (exact) mass is 395 g/mol. The van der Waals surface area contributed by atoms with E-state index in [0.717, 1.165) is 29.5 Å². The average molecular weight is 395 g/mol. The van der Waals surface area contributed by atoms with Gasteiger partial charge < -0.3 is 15.2 Å². The van der Waals surface area contributed by atoms with E-state index in [-0.39, 0.29) is 23.4 Å². The third-order valence-electron chi connectivity index (χ3n) is 5.77. The van der Waals surface area contributed by atoms with Crippen LogP contribution in [0.1, 0.15) is 61.0 Å². The normalized spacial score (nSPS) is 12.8. The molecule has 0 saturated heterocycles. The van der Waals surface area contributed by atoms with Gasteiger partial charge in [0.1, 0.15) is 17.3 Å². The molecule has 1 amide bonds. The smallest absolute Gasteiger partial charge is 0.251 e. The molecule has 0 fully saturated rings. The molecule has 0 saturated carbocycles. The Morgan fingerprint density at radius 2 is 1.86 bits per heavy atom. The molecule has 3 rings (SSSR count). The molecule has 2 aromatic carbocycles. The zero-order chi connectivity index (χ0) is 21.0. The highest BCUT2D eigenvalue weighted by atomic mass is 16.5. The number of Topliss-reactive ketones (excluding diaryl/α,β-unsaturated/α-hetero) is 1. The maximum Gasteiger partial charge on any atom is 0.251 e. The van der Waals surface area contributed by atoms with Gasteiger partial charge in [0, 0.05) is 35.6 Å². The maximum atomic E-state index is 12.3. The zero-order valence-electron chi connectivity index (χ0n) is 17.4. The van der Waals surface area contributed by atoms with Gasteiger partial charge in [-0.05, 0) is 55.5 Å². The number of phenols is 1. The summed E-state index contributed by atoms with van der Waals surface area (Å²) in [5.41, 5.74) is 4.04. The van der Waals surface area contributed by atoms with Crippen molar-refractivity contribution in [3.8, 4) is 22.6 Å². The summed E-state index contributed by atoms with van der Waals surface area (Å²) >= 11 is 0. The Kier molecular flexibility index (Phi) is 6.57. The Hall–Kier alpha value is -2.82. The Morgan fingerprint density at radius 1 is 1.14 bits per heavy atom. The van der Waals surface area contributed by atoms with Crippen LogP contribution in [0.15, 0.2) is 30.3 Å². The lowest BCUT2D eigenvalue weighted by molar-refractivity contribution is -0.123. The van der Waals surface area contributed by atoms with Crippen molar-refractivity contribution in [1.82, 2.24) is 5.32 Å². The minimum atomic E-state index is -0.0697. The number of rotatable bonds is 9. The number of ether oxygens (including phenoxy) is 1. The number of hydrogen-bond donors (Lipinski definition) is 2. The van der Waals surface area contributed by atoms with Crippen molar-refractivity contribution in [2.75, 3.05) is 6.61 Å². The van der Waals surface area contributed by atoms with Crippen LogP contribution >= 0.6 is 0 Å². The van der Waals surface area contributed by atoms with Gasteiger partial charge in [-0.15, -0.1) is 0 Å². The topological polar surface area (TPSA) is 75.6 Å². The number of carbonyl (C=O) groups is 2. The molecule has 29 heavy (non-hydrogen) atoms. The summed E-state index contributed by atoms with van der Waals surface area (Å²) in [6, 6.07) is 9.12. The van der Waals surface area contributed by atoms with Crippen molar-refractivity contribution in [1.29, 1.82) is 0 Å². The van der Waals surface area contributed by atoms with Gasteiger partial charge in [0.05, 0.1) is 6.61 Å². The van der Waals surface area contributed by atoms with Crippen LogP contribution in [0.25, 0.3) is 11.1 Å². The molecule has 0 spiro atoms. The van der Waals surface area contributed by atoms with Crippen LogP contribution in [0.5, 0.6) is 11.5 Å². The van der Waals surface area contributed by atoms with Crippen molar-refractivity contribution in [2.45, 2.75) is 53.0 Å². The van der Waals surface area contributed by atoms with Crippen molar-refractivity contribution in [2.24, 2.45) is 5.92 Å². The predicted molar refractivity (Wildman–Crippen MR) is 113 cm³/mol. The number of benzene rings is 2. The molecule has 5 heteroatoms. The van der Waals surface area contributed by atoms with Crippen LogP contribution in [0.4, 0.5) is 0 Å². The summed E-state index contributed by atoms with van der Waals surface area (Å²) < 4.78 is 6.07. The highest BCUT2D eigenvalue weighted by Crippen LogP contribution is 2.40. The largest absolute Gasteiger partial charge is 0.508 e. The number of fused-ring (bicyclic) bond motifs is 1. The number of ketones is 1. The molecule has 1 aliphatic rings. The average Bonchev–Trinajstić information content (AvgIpc) is 3.10. The molecular weight excluding hydrogens is 366 g/mol. The summed E-state index contributed by atoms with van der Waals surface area (Å²) in [5, 5.41) is 13.0. The summed E-state index contributed by atoms with van der Waals surface area (Å²) in [5.74, 6) is 1.12. The second-order valence-corrected chi connectivity index (χ2v) is 7.53. The zero-order valence-corrected chi connectivity index (χ0v) is 17.4. The summed E-state index contributed by atoms with van der Waals surface area (Å²) in [4.78, 5) is 24.3. The molecule has 2 aromatic rings. The van der Waals surface area contributed by atoms with Gasteiger partial charge in [0.2, 0.25) is 0 Å². The molecule has 2 N–H and O–H groups in total. The van der Waals surface area contributed by atoms with Gasteiger partial charge in [0.25, 0.3) is 5.91 Å². The molecule has 1 heterocycles. The van der Waals surface area contributed by atoms with E-state index in [4.69, 9.17) is 4.74 Å². The lowest BCUT2D eigenvalue weighted by atomic mass is 9.94. The Bertz CT molecular complexity index is 915. The first kappa shape index (κ1) is 20.9. The highest BCUT2D eigenvalue weighted by molar-refractivity contribution is 6.00. The fourth-order valence-electron chi connectivity index (χ4n) is 3.95. The fraction of sp³-hybridized carbons (Fsp3) is 0.417. The molecular formula is C24H29NO4. The van der Waals surface area contributed by atoms with Crippen LogP contribution in [-0.4, -0.2) is 23.4 Å². The van der Waals surface area contributed by atoms with Gasteiger partial charge in [-0.25, -0.2) is 0 Å². The quantitative estimate of drug-likeness (QED) is 0.600. The van der Waals surface area contributed by atoms with Gasteiger partial charge in [-0.1, -0.05) is 26.0 Å². The first-order chi connectivity index (χ1) is 14.0. The number of amides is 1.